The first-order chi connectivity index (χ1) is 8.24. The first-order valence-electron chi connectivity index (χ1n) is 5.70. The van der Waals surface area contributed by atoms with Crippen LogP contribution in [0.15, 0.2) is 22.9 Å². The van der Waals surface area contributed by atoms with E-state index in [1.807, 2.05) is 0 Å². The van der Waals surface area contributed by atoms with Crippen LogP contribution in [0.2, 0.25) is 0 Å². The summed E-state index contributed by atoms with van der Waals surface area (Å²) in [6.07, 6.45) is 5.36. The van der Waals surface area contributed by atoms with E-state index in [-0.39, 0.29) is 5.91 Å². The molecule has 0 aromatic carbocycles. The number of halogens is 1. The van der Waals surface area contributed by atoms with Crippen LogP contribution in [0.25, 0.3) is 0 Å². The van der Waals surface area contributed by atoms with Crippen LogP contribution in [-0.4, -0.2) is 30.6 Å². The SMILES string of the molecule is CCCCOCCNC(=O)c1cncc(Br)c1. The molecule has 0 radical (unpaired) electrons. The zero-order valence-electron chi connectivity index (χ0n) is 9.91. The van der Waals surface area contributed by atoms with Crippen LogP contribution in [0.3, 0.4) is 0 Å². The number of hydrogen-bond acceptors (Lipinski definition) is 3. The van der Waals surface area contributed by atoms with Gasteiger partial charge in [0, 0.05) is 30.0 Å². The molecule has 0 fully saturated rings. The lowest BCUT2D eigenvalue weighted by molar-refractivity contribution is 0.0912. The largest absolute Gasteiger partial charge is 0.380 e. The molecule has 1 aromatic heterocycles. The Morgan fingerprint density at radius 2 is 2.29 bits per heavy atom. The fourth-order valence-electron chi connectivity index (χ4n) is 1.22. The van der Waals surface area contributed by atoms with Crippen LogP contribution in [0, 0.1) is 0 Å². The van der Waals surface area contributed by atoms with Crippen LogP contribution in [-0.2, 0) is 4.74 Å². The molecule has 0 saturated heterocycles. The molecule has 0 spiro atoms. The maximum absolute atomic E-state index is 11.7. The van der Waals surface area contributed by atoms with Gasteiger partial charge in [0.05, 0.1) is 12.2 Å². The third kappa shape index (κ3) is 5.79. The molecule has 0 aliphatic rings. The van der Waals surface area contributed by atoms with Gasteiger partial charge >= 0.3 is 0 Å². The van der Waals surface area contributed by atoms with E-state index in [0.717, 1.165) is 23.9 Å². The zero-order valence-corrected chi connectivity index (χ0v) is 11.5. The Kier molecular flexibility index (Phi) is 6.81. The molecule has 0 bridgehead atoms. The average Bonchev–Trinajstić information content (AvgIpc) is 2.33. The van der Waals surface area contributed by atoms with E-state index in [9.17, 15) is 4.79 Å². The summed E-state index contributed by atoms with van der Waals surface area (Å²) in [5.41, 5.74) is 0.549. The highest BCUT2D eigenvalue weighted by Gasteiger charge is 2.05. The van der Waals surface area contributed by atoms with Crippen molar-refractivity contribution in [3.05, 3.63) is 28.5 Å². The molecule has 1 amide bonds. The number of nitrogens with one attached hydrogen (secondary N) is 1. The summed E-state index contributed by atoms with van der Waals surface area (Å²) in [6, 6.07) is 1.74. The molecule has 0 aliphatic heterocycles. The third-order valence-corrected chi connectivity index (χ3v) is 2.57. The Labute approximate surface area is 110 Å². The number of amides is 1. The summed E-state index contributed by atoms with van der Waals surface area (Å²) in [4.78, 5) is 15.6. The number of carbonyl (C=O) groups excluding carboxylic acids is 1. The Bertz CT molecular complexity index is 358. The van der Waals surface area contributed by atoms with E-state index in [1.54, 1.807) is 12.3 Å². The smallest absolute Gasteiger partial charge is 0.252 e. The lowest BCUT2D eigenvalue weighted by Crippen LogP contribution is -2.27. The van der Waals surface area contributed by atoms with E-state index in [0.29, 0.717) is 18.7 Å². The minimum atomic E-state index is -0.127. The summed E-state index contributed by atoms with van der Waals surface area (Å²) in [5.74, 6) is -0.127. The van der Waals surface area contributed by atoms with Crippen molar-refractivity contribution in [1.82, 2.24) is 10.3 Å². The van der Waals surface area contributed by atoms with E-state index < -0.39 is 0 Å². The van der Waals surface area contributed by atoms with Crippen LogP contribution < -0.4 is 5.32 Å². The quantitative estimate of drug-likeness (QED) is 0.787. The van der Waals surface area contributed by atoms with Crippen molar-refractivity contribution < 1.29 is 9.53 Å². The number of pyridine rings is 1. The summed E-state index contributed by atoms with van der Waals surface area (Å²) in [7, 11) is 0. The van der Waals surface area contributed by atoms with Gasteiger partial charge in [-0.3, -0.25) is 9.78 Å². The van der Waals surface area contributed by atoms with Gasteiger partial charge in [0.15, 0.2) is 0 Å². The number of unbranched alkanes of at least 4 members (excludes halogenated alkanes) is 1. The van der Waals surface area contributed by atoms with Crippen molar-refractivity contribution in [3.63, 3.8) is 0 Å². The van der Waals surface area contributed by atoms with Crippen LogP contribution in [0.5, 0.6) is 0 Å². The highest BCUT2D eigenvalue weighted by Crippen LogP contribution is 2.09. The molecule has 1 N–H and O–H groups in total. The summed E-state index contributed by atoms with van der Waals surface area (Å²) < 4.78 is 6.14. The second kappa shape index (κ2) is 8.20. The van der Waals surface area contributed by atoms with E-state index in [1.165, 1.54) is 6.20 Å². The summed E-state index contributed by atoms with van der Waals surface area (Å²) in [6.45, 7) is 3.94. The van der Waals surface area contributed by atoms with Crippen molar-refractivity contribution in [2.24, 2.45) is 0 Å². The zero-order chi connectivity index (χ0) is 12.5. The van der Waals surface area contributed by atoms with Gasteiger partial charge in [-0.05, 0) is 28.4 Å². The van der Waals surface area contributed by atoms with Crippen molar-refractivity contribution in [3.8, 4) is 0 Å². The highest BCUT2D eigenvalue weighted by molar-refractivity contribution is 9.10. The number of carbonyl (C=O) groups is 1. The average molecular weight is 301 g/mol. The number of rotatable bonds is 7. The van der Waals surface area contributed by atoms with Crippen LogP contribution in [0.1, 0.15) is 30.1 Å². The minimum absolute atomic E-state index is 0.127. The lowest BCUT2D eigenvalue weighted by Gasteiger charge is -2.06. The van der Waals surface area contributed by atoms with Gasteiger partial charge in [0.2, 0.25) is 0 Å². The van der Waals surface area contributed by atoms with E-state index in [2.05, 4.69) is 33.2 Å². The minimum Gasteiger partial charge on any atom is -0.380 e. The van der Waals surface area contributed by atoms with E-state index >= 15 is 0 Å². The van der Waals surface area contributed by atoms with Gasteiger partial charge in [0.1, 0.15) is 0 Å². The molecular formula is C12H17BrN2O2. The first kappa shape index (κ1) is 14.1. The monoisotopic (exact) mass is 300 g/mol. The molecule has 0 aliphatic carbocycles. The fraction of sp³-hybridized carbons (Fsp3) is 0.500. The molecule has 4 nitrogen and oxygen atoms in total. The molecule has 0 unspecified atom stereocenters. The van der Waals surface area contributed by atoms with E-state index in [4.69, 9.17) is 4.74 Å². The van der Waals surface area contributed by atoms with Crippen molar-refractivity contribution >= 4 is 21.8 Å². The maximum Gasteiger partial charge on any atom is 0.252 e. The van der Waals surface area contributed by atoms with Gasteiger partial charge < -0.3 is 10.1 Å². The molecular weight excluding hydrogens is 284 g/mol. The Morgan fingerprint density at radius 1 is 1.47 bits per heavy atom. The Morgan fingerprint density at radius 3 is 3.00 bits per heavy atom. The second-order valence-electron chi connectivity index (χ2n) is 3.61. The maximum atomic E-state index is 11.7. The Balaban J connectivity index is 2.21. The van der Waals surface area contributed by atoms with Gasteiger partial charge in [-0.1, -0.05) is 13.3 Å². The molecule has 5 heteroatoms. The predicted molar refractivity (Wildman–Crippen MR) is 70.0 cm³/mol. The second-order valence-corrected chi connectivity index (χ2v) is 4.53. The van der Waals surface area contributed by atoms with Gasteiger partial charge in [-0.25, -0.2) is 0 Å². The lowest BCUT2D eigenvalue weighted by atomic mass is 10.3. The molecule has 1 rings (SSSR count). The number of hydrogen-bond donors (Lipinski definition) is 1. The van der Waals surface area contributed by atoms with Gasteiger partial charge in [-0.15, -0.1) is 0 Å². The third-order valence-electron chi connectivity index (χ3n) is 2.14. The predicted octanol–water partition coefficient (Wildman–Crippen LogP) is 2.39. The van der Waals surface area contributed by atoms with Gasteiger partial charge in [0.25, 0.3) is 5.91 Å². The molecule has 0 saturated carbocycles. The normalized spacial score (nSPS) is 10.2. The molecule has 0 atom stereocenters. The first-order valence-corrected chi connectivity index (χ1v) is 6.50. The number of ether oxygens (including phenoxy) is 1. The van der Waals surface area contributed by atoms with Crippen molar-refractivity contribution in [1.29, 1.82) is 0 Å². The number of nitrogens with zero attached hydrogens (tertiary/aromatic N) is 1. The standard InChI is InChI=1S/C12H17BrN2O2/c1-2-3-5-17-6-4-15-12(16)10-7-11(13)9-14-8-10/h7-9H,2-6H2,1H3,(H,15,16). The van der Waals surface area contributed by atoms with Crippen molar-refractivity contribution in [2.75, 3.05) is 19.8 Å². The fourth-order valence-corrected chi connectivity index (χ4v) is 1.59. The topological polar surface area (TPSA) is 51.2 Å². The molecule has 94 valence electrons. The molecule has 17 heavy (non-hydrogen) atoms. The van der Waals surface area contributed by atoms with Crippen molar-refractivity contribution in [2.45, 2.75) is 19.8 Å². The summed E-state index contributed by atoms with van der Waals surface area (Å²) >= 11 is 3.27. The molecule has 1 aromatic rings. The Hall–Kier alpha value is -0.940. The summed E-state index contributed by atoms with van der Waals surface area (Å²) in [5, 5.41) is 2.78. The van der Waals surface area contributed by atoms with Crippen LogP contribution in [0.4, 0.5) is 0 Å². The molecule has 1 heterocycles. The van der Waals surface area contributed by atoms with Gasteiger partial charge in [-0.2, -0.15) is 0 Å². The number of aromatic nitrogens is 1. The highest BCUT2D eigenvalue weighted by atomic mass is 79.9. The van der Waals surface area contributed by atoms with Crippen LogP contribution >= 0.6 is 15.9 Å².